The summed E-state index contributed by atoms with van der Waals surface area (Å²) in [5.74, 6) is -1.22. The summed E-state index contributed by atoms with van der Waals surface area (Å²) in [5, 5.41) is 17.4. The summed E-state index contributed by atoms with van der Waals surface area (Å²) in [6.45, 7) is 2.52. The maximum atomic E-state index is 14.1. The third-order valence-corrected chi connectivity index (χ3v) is 4.24. The Labute approximate surface area is 141 Å². The van der Waals surface area contributed by atoms with Gasteiger partial charge < -0.3 is 4.57 Å². The van der Waals surface area contributed by atoms with Crippen LogP contribution in [0.1, 0.15) is 44.6 Å². The van der Waals surface area contributed by atoms with Crippen LogP contribution in [0.4, 0.5) is 8.78 Å². The summed E-state index contributed by atoms with van der Waals surface area (Å²) in [6.07, 6.45) is 8.15. The van der Waals surface area contributed by atoms with Crippen LogP contribution in [-0.4, -0.2) is 14.8 Å². The van der Waals surface area contributed by atoms with Crippen LogP contribution >= 0.6 is 0 Å². The quantitative estimate of drug-likeness (QED) is 0.644. The number of hydrogen-bond acceptors (Lipinski definition) is 3. The third-order valence-electron chi connectivity index (χ3n) is 4.24. The first kappa shape index (κ1) is 18.1. The van der Waals surface area contributed by atoms with Crippen LogP contribution in [0.15, 0.2) is 30.9 Å². The Balaban J connectivity index is 2.21. The first-order chi connectivity index (χ1) is 11.6. The normalized spacial score (nSPS) is 13.4. The molecule has 2 aromatic rings. The van der Waals surface area contributed by atoms with Gasteiger partial charge in [0, 0.05) is 12.6 Å². The number of unbranched alkanes of at least 4 members (excludes halogenated alkanes) is 3. The van der Waals surface area contributed by atoms with Crippen molar-refractivity contribution >= 4 is 0 Å². The minimum absolute atomic E-state index is 0.236. The minimum Gasteiger partial charge on any atom is -0.319 e. The van der Waals surface area contributed by atoms with E-state index < -0.39 is 17.0 Å². The molecule has 0 aliphatic heterocycles. The van der Waals surface area contributed by atoms with Gasteiger partial charge in [-0.2, -0.15) is 5.26 Å². The van der Waals surface area contributed by atoms with Crippen molar-refractivity contribution in [3.8, 4) is 6.07 Å². The predicted molar refractivity (Wildman–Crippen MR) is 86.9 cm³/mol. The number of benzene rings is 1. The van der Waals surface area contributed by atoms with E-state index in [4.69, 9.17) is 0 Å². The molecule has 1 aromatic carbocycles. The average molecular weight is 332 g/mol. The summed E-state index contributed by atoms with van der Waals surface area (Å²) in [5.41, 5.74) is -0.407. The summed E-state index contributed by atoms with van der Waals surface area (Å²) in [4.78, 5) is 0. The number of nitrogens with zero attached hydrogens (tertiary/aromatic N) is 4. The van der Waals surface area contributed by atoms with Gasteiger partial charge in [-0.25, -0.2) is 8.78 Å². The van der Waals surface area contributed by atoms with Gasteiger partial charge in [0.25, 0.3) is 0 Å². The van der Waals surface area contributed by atoms with E-state index in [-0.39, 0.29) is 6.42 Å². The molecule has 0 bridgehead atoms. The molecule has 4 nitrogen and oxygen atoms in total. The fourth-order valence-corrected chi connectivity index (χ4v) is 2.93. The van der Waals surface area contributed by atoms with Gasteiger partial charge in [0.05, 0.1) is 11.5 Å². The predicted octanol–water partition coefficient (Wildman–Crippen LogP) is 4.28. The maximum Gasteiger partial charge on any atom is 0.129 e. The lowest BCUT2D eigenvalue weighted by molar-refractivity contribution is 0.289. The Bertz CT molecular complexity index is 679. The molecule has 24 heavy (non-hydrogen) atoms. The lowest BCUT2D eigenvalue weighted by Crippen LogP contribution is -2.28. The molecule has 0 amide bonds. The second-order valence-electron chi connectivity index (χ2n) is 6.25. The molecule has 6 heteroatoms. The van der Waals surface area contributed by atoms with E-state index in [1.165, 1.54) is 12.1 Å². The van der Waals surface area contributed by atoms with Gasteiger partial charge in [-0.05, 0) is 24.5 Å². The Morgan fingerprint density at radius 3 is 2.54 bits per heavy atom. The second-order valence-corrected chi connectivity index (χ2v) is 6.25. The number of rotatable bonds is 9. The highest BCUT2D eigenvalue weighted by atomic mass is 19.1. The lowest BCUT2D eigenvalue weighted by atomic mass is 9.78. The Morgan fingerprint density at radius 1 is 1.17 bits per heavy atom. The Kier molecular flexibility index (Phi) is 6.42. The van der Waals surface area contributed by atoms with Gasteiger partial charge in [-0.1, -0.05) is 38.7 Å². The van der Waals surface area contributed by atoms with Crippen molar-refractivity contribution in [2.24, 2.45) is 5.41 Å². The first-order valence-corrected chi connectivity index (χ1v) is 8.26. The molecular formula is C18H22F2N4. The highest BCUT2D eigenvalue weighted by Gasteiger charge is 2.32. The van der Waals surface area contributed by atoms with Crippen molar-refractivity contribution in [2.75, 3.05) is 0 Å². The SMILES string of the molecule is CCCCCCC(C#N)(Cc1ccc(F)cc1F)Cn1cnnc1. The molecule has 0 N–H and O–H groups in total. The van der Waals surface area contributed by atoms with Crippen LogP contribution in [-0.2, 0) is 13.0 Å². The molecular weight excluding hydrogens is 310 g/mol. The highest BCUT2D eigenvalue weighted by Crippen LogP contribution is 2.32. The van der Waals surface area contributed by atoms with E-state index in [2.05, 4.69) is 23.2 Å². The van der Waals surface area contributed by atoms with Crippen molar-refractivity contribution in [3.05, 3.63) is 48.1 Å². The van der Waals surface area contributed by atoms with E-state index in [0.717, 1.165) is 31.7 Å². The van der Waals surface area contributed by atoms with E-state index in [1.807, 2.05) is 0 Å². The molecule has 1 aromatic heterocycles. The number of halogens is 2. The standard InChI is InChI=1S/C18H22F2N4/c1-2-3-4-5-8-18(11-21,12-24-13-22-23-14-24)10-15-6-7-16(19)9-17(15)20/h6-7,9,13-14H,2-5,8,10,12H2,1H3. The van der Waals surface area contributed by atoms with Gasteiger partial charge in [-0.3, -0.25) is 0 Å². The summed E-state index contributed by atoms with van der Waals surface area (Å²) in [7, 11) is 0. The minimum atomic E-state index is -0.769. The van der Waals surface area contributed by atoms with Crippen molar-refractivity contribution in [3.63, 3.8) is 0 Å². The monoisotopic (exact) mass is 332 g/mol. The van der Waals surface area contributed by atoms with Gasteiger partial charge in [0.2, 0.25) is 0 Å². The van der Waals surface area contributed by atoms with Crippen molar-refractivity contribution in [1.82, 2.24) is 14.8 Å². The molecule has 1 unspecified atom stereocenters. The molecule has 2 rings (SSSR count). The van der Waals surface area contributed by atoms with Gasteiger partial charge in [0.15, 0.2) is 0 Å². The molecule has 0 radical (unpaired) electrons. The molecule has 128 valence electrons. The largest absolute Gasteiger partial charge is 0.319 e. The van der Waals surface area contributed by atoms with E-state index in [0.29, 0.717) is 18.5 Å². The summed E-state index contributed by atoms with van der Waals surface area (Å²) in [6, 6.07) is 5.91. The van der Waals surface area contributed by atoms with Crippen LogP contribution in [0.3, 0.4) is 0 Å². The van der Waals surface area contributed by atoms with Crippen molar-refractivity contribution in [1.29, 1.82) is 5.26 Å². The zero-order chi connectivity index (χ0) is 17.4. The van der Waals surface area contributed by atoms with Gasteiger partial charge in [0.1, 0.15) is 24.3 Å². The van der Waals surface area contributed by atoms with Crippen LogP contribution < -0.4 is 0 Å². The molecule has 1 atom stereocenters. The maximum absolute atomic E-state index is 14.1. The van der Waals surface area contributed by atoms with Crippen molar-refractivity contribution in [2.45, 2.75) is 52.0 Å². The fourth-order valence-electron chi connectivity index (χ4n) is 2.93. The third kappa shape index (κ3) is 4.85. The van der Waals surface area contributed by atoms with E-state index in [9.17, 15) is 14.0 Å². The van der Waals surface area contributed by atoms with Gasteiger partial charge >= 0.3 is 0 Å². The summed E-state index contributed by atoms with van der Waals surface area (Å²) >= 11 is 0. The smallest absolute Gasteiger partial charge is 0.129 e. The van der Waals surface area contributed by atoms with Crippen LogP contribution in [0.25, 0.3) is 0 Å². The number of hydrogen-bond donors (Lipinski definition) is 0. The van der Waals surface area contributed by atoms with E-state index >= 15 is 0 Å². The number of aromatic nitrogens is 3. The van der Waals surface area contributed by atoms with Crippen LogP contribution in [0.5, 0.6) is 0 Å². The van der Waals surface area contributed by atoms with Crippen LogP contribution in [0.2, 0.25) is 0 Å². The van der Waals surface area contributed by atoms with Crippen molar-refractivity contribution < 1.29 is 8.78 Å². The second kappa shape index (κ2) is 8.53. The lowest BCUT2D eigenvalue weighted by Gasteiger charge is -2.27. The first-order valence-electron chi connectivity index (χ1n) is 8.26. The molecule has 0 aliphatic carbocycles. The van der Waals surface area contributed by atoms with Crippen LogP contribution in [0, 0.1) is 28.4 Å². The Morgan fingerprint density at radius 2 is 1.92 bits per heavy atom. The fraction of sp³-hybridized carbons (Fsp3) is 0.500. The Hall–Kier alpha value is -2.29. The van der Waals surface area contributed by atoms with Gasteiger partial charge in [-0.15, -0.1) is 10.2 Å². The molecule has 0 saturated heterocycles. The zero-order valence-corrected chi connectivity index (χ0v) is 13.9. The molecule has 0 fully saturated rings. The molecule has 1 heterocycles. The molecule has 0 saturated carbocycles. The molecule has 0 spiro atoms. The highest BCUT2D eigenvalue weighted by molar-refractivity contribution is 5.22. The summed E-state index contributed by atoms with van der Waals surface area (Å²) < 4.78 is 28.9. The zero-order valence-electron chi connectivity index (χ0n) is 13.9. The van der Waals surface area contributed by atoms with E-state index in [1.54, 1.807) is 17.2 Å². The number of nitriles is 1. The average Bonchev–Trinajstić information content (AvgIpc) is 3.07. The molecule has 0 aliphatic rings. The topological polar surface area (TPSA) is 54.5 Å².